The summed E-state index contributed by atoms with van der Waals surface area (Å²) in [4.78, 5) is 5.94. The summed E-state index contributed by atoms with van der Waals surface area (Å²) in [5.74, 6) is 0.387. The Morgan fingerprint density at radius 2 is 2.35 bits per heavy atom. The summed E-state index contributed by atoms with van der Waals surface area (Å²) < 4.78 is 25.3. The largest absolute Gasteiger partial charge is 0.480 e. The molecule has 1 aliphatic heterocycles. The summed E-state index contributed by atoms with van der Waals surface area (Å²) in [5.41, 5.74) is 0.267. The number of methoxy groups -OCH3 is 1. The first-order valence-corrected chi connectivity index (χ1v) is 6.98. The van der Waals surface area contributed by atoms with Crippen LogP contribution in [0.3, 0.4) is 0 Å². The van der Waals surface area contributed by atoms with Crippen molar-refractivity contribution in [3.8, 4) is 17.7 Å². The predicted molar refractivity (Wildman–Crippen MR) is 74.6 cm³/mol. The van der Waals surface area contributed by atoms with Crippen molar-refractivity contribution in [1.29, 1.82) is 5.26 Å². The van der Waals surface area contributed by atoms with Crippen LogP contribution >= 0.6 is 15.9 Å². The minimum atomic E-state index is -1.11. The Kier molecular flexibility index (Phi) is 4.78. The van der Waals surface area contributed by atoms with Crippen LogP contribution in [-0.2, 0) is 0 Å². The number of halogens is 2. The topological polar surface area (TPSA) is 58.4 Å². The van der Waals surface area contributed by atoms with E-state index in [9.17, 15) is 9.65 Å². The quantitative estimate of drug-likeness (QED) is 0.841. The molecule has 0 radical (unpaired) electrons. The van der Waals surface area contributed by atoms with E-state index in [0.717, 1.165) is 6.54 Å². The summed E-state index contributed by atoms with van der Waals surface area (Å²) in [5, 5.41) is 9.21. The number of likely N-dealkylation sites (tertiary alicyclic amines) is 1. The molecule has 20 heavy (non-hydrogen) atoms. The molecule has 1 aromatic heterocycles. The van der Waals surface area contributed by atoms with E-state index in [1.807, 2.05) is 18.0 Å². The second-order valence-electron chi connectivity index (χ2n) is 4.65. The molecule has 1 aromatic rings. The van der Waals surface area contributed by atoms with Crippen LogP contribution in [0.1, 0.15) is 12.0 Å². The number of hydrogen-bond acceptors (Lipinski definition) is 5. The average Bonchev–Trinajstić information content (AvgIpc) is 2.42. The van der Waals surface area contributed by atoms with E-state index in [2.05, 4.69) is 20.9 Å². The molecule has 0 unspecified atom stereocenters. The second-order valence-corrected chi connectivity index (χ2v) is 5.51. The lowest BCUT2D eigenvalue weighted by atomic mass is 10.1. The van der Waals surface area contributed by atoms with Crippen molar-refractivity contribution < 1.29 is 13.9 Å². The van der Waals surface area contributed by atoms with Crippen LogP contribution in [0.25, 0.3) is 0 Å². The number of nitrogens with zero attached hydrogens (tertiary/aromatic N) is 3. The summed E-state index contributed by atoms with van der Waals surface area (Å²) in [6.45, 7) is 1.06. The van der Waals surface area contributed by atoms with Crippen LogP contribution in [-0.4, -0.2) is 49.4 Å². The first-order chi connectivity index (χ1) is 9.56. The lowest BCUT2D eigenvalue weighted by Gasteiger charge is -2.32. The van der Waals surface area contributed by atoms with Crippen molar-refractivity contribution in [2.24, 2.45) is 0 Å². The molecule has 0 saturated carbocycles. The van der Waals surface area contributed by atoms with Gasteiger partial charge in [-0.05, 0) is 29.4 Å². The highest BCUT2D eigenvalue weighted by molar-refractivity contribution is 9.10. The van der Waals surface area contributed by atoms with E-state index in [4.69, 9.17) is 9.47 Å². The average molecular weight is 344 g/mol. The number of rotatable bonds is 3. The SMILES string of the molecule is COc1ncc(Br)c(C#N)c1O[C@@H]1CCN(C)C[C@@H]1F. The van der Waals surface area contributed by atoms with Crippen molar-refractivity contribution in [3.63, 3.8) is 0 Å². The van der Waals surface area contributed by atoms with E-state index in [0.29, 0.717) is 17.4 Å². The molecule has 108 valence electrons. The van der Waals surface area contributed by atoms with Crippen molar-refractivity contribution in [1.82, 2.24) is 9.88 Å². The number of piperidine rings is 1. The monoisotopic (exact) mass is 343 g/mol. The van der Waals surface area contributed by atoms with Gasteiger partial charge in [0.15, 0.2) is 0 Å². The van der Waals surface area contributed by atoms with Crippen LogP contribution in [0, 0.1) is 11.3 Å². The molecular weight excluding hydrogens is 329 g/mol. The molecule has 0 bridgehead atoms. The van der Waals surface area contributed by atoms with Gasteiger partial charge in [0, 0.05) is 19.3 Å². The highest BCUT2D eigenvalue weighted by Crippen LogP contribution is 2.35. The number of pyridine rings is 1. The normalized spacial score (nSPS) is 23.1. The van der Waals surface area contributed by atoms with Gasteiger partial charge in [-0.1, -0.05) is 0 Å². The molecule has 1 saturated heterocycles. The van der Waals surface area contributed by atoms with Gasteiger partial charge in [-0.2, -0.15) is 5.26 Å². The fraction of sp³-hybridized carbons (Fsp3) is 0.538. The third-order valence-electron chi connectivity index (χ3n) is 3.21. The van der Waals surface area contributed by atoms with E-state index in [1.54, 1.807) is 0 Å². The van der Waals surface area contributed by atoms with Gasteiger partial charge in [0.1, 0.15) is 23.9 Å². The van der Waals surface area contributed by atoms with Gasteiger partial charge in [-0.3, -0.25) is 0 Å². The molecule has 2 atom stereocenters. The van der Waals surface area contributed by atoms with Gasteiger partial charge in [0.25, 0.3) is 5.88 Å². The van der Waals surface area contributed by atoms with Gasteiger partial charge in [-0.15, -0.1) is 0 Å². The zero-order chi connectivity index (χ0) is 14.7. The molecule has 1 fully saturated rings. The molecule has 5 nitrogen and oxygen atoms in total. The standard InChI is InChI=1S/C13H15BrFN3O2/c1-18-4-3-11(10(15)7-18)20-12-8(5-16)9(14)6-17-13(12)19-2/h6,10-11H,3-4,7H2,1-2H3/t10-,11+/m0/s1. The van der Waals surface area contributed by atoms with Crippen molar-refractivity contribution in [2.75, 3.05) is 27.2 Å². The summed E-state index contributed by atoms with van der Waals surface area (Å²) >= 11 is 3.24. The highest BCUT2D eigenvalue weighted by atomic mass is 79.9. The summed E-state index contributed by atoms with van der Waals surface area (Å²) in [6, 6.07) is 2.03. The van der Waals surface area contributed by atoms with Crippen LogP contribution in [0.15, 0.2) is 10.7 Å². The fourth-order valence-corrected chi connectivity index (χ4v) is 2.50. The van der Waals surface area contributed by atoms with Crippen LogP contribution in [0.2, 0.25) is 0 Å². The Balaban J connectivity index is 2.28. The number of aromatic nitrogens is 1. The maximum Gasteiger partial charge on any atom is 0.258 e. The Bertz CT molecular complexity index is 535. The lowest BCUT2D eigenvalue weighted by Crippen LogP contribution is -2.45. The number of hydrogen-bond donors (Lipinski definition) is 0. The maximum absolute atomic E-state index is 14.0. The van der Waals surface area contributed by atoms with Crippen LogP contribution < -0.4 is 9.47 Å². The zero-order valence-electron chi connectivity index (χ0n) is 11.3. The van der Waals surface area contributed by atoms with Crippen molar-refractivity contribution >= 4 is 15.9 Å². The Labute approximate surface area is 125 Å². The first-order valence-electron chi connectivity index (χ1n) is 6.18. The van der Waals surface area contributed by atoms with Gasteiger partial charge < -0.3 is 14.4 Å². The van der Waals surface area contributed by atoms with E-state index >= 15 is 0 Å². The Hall–Kier alpha value is -1.39. The molecule has 0 spiro atoms. The minimum absolute atomic E-state index is 0.191. The summed E-state index contributed by atoms with van der Waals surface area (Å²) in [6.07, 6.45) is 0.316. The van der Waals surface area contributed by atoms with Gasteiger partial charge >= 0.3 is 0 Å². The molecule has 0 aromatic carbocycles. The van der Waals surface area contributed by atoms with E-state index < -0.39 is 12.3 Å². The van der Waals surface area contributed by atoms with Gasteiger partial charge in [-0.25, -0.2) is 9.37 Å². The maximum atomic E-state index is 14.0. The molecule has 0 aliphatic carbocycles. The smallest absolute Gasteiger partial charge is 0.258 e. The molecule has 2 rings (SSSR count). The van der Waals surface area contributed by atoms with E-state index in [1.165, 1.54) is 13.3 Å². The lowest BCUT2D eigenvalue weighted by molar-refractivity contribution is 0.0292. The van der Waals surface area contributed by atoms with Crippen LogP contribution in [0.5, 0.6) is 11.6 Å². The van der Waals surface area contributed by atoms with Crippen molar-refractivity contribution in [3.05, 3.63) is 16.2 Å². The molecule has 0 amide bonds. The summed E-state index contributed by atoms with van der Waals surface area (Å²) in [7, 11) is 3.30. The molecule has 1 aliphatic rings. The van der Waals surface area contributed by atoms with E-state index in [-0.39, 0.29) is 17.2 Å². The van der Waals surface area contributed by atoms with Gasteiger partial charge in [0.05, 0.1) is 11.6 Å². The highest BCUT2D eigenvalue weighted by Gasteiger charge is 2.31. The van der Waals surface area contributed by atoms with Gasteiger partial charge in [0.2, 0.25) is 5.75 Å². The molecule has 2 heterocycles. The fourth-order valence-electron chi connectivity index (χ4n) is 2.13. The minimum Gasteiger partial charge on any atom is -0.480 e. The second kappa shape index (κ2) is 6.37. The number of ether oxygens (including phenoxy) is 2. The Morgan fingerprint density at radius 3 is 2.95 bits per heavy atom. The van der Waals surface area contributed by atoms with Crippen molar-refractivity contribution in [2.45, 2.75) is 18.7 Å². The Morgan fingerprint density at radius 1 is 1.60 bits per heavy atom. The third-order valence-corrected chi connectivity index (χ3v) is 3.82. The first kappa shape index (κ1) is 15.0. The predicted octanol–water partition coefficient (Wildman–Crippen LogP) is 2.15. The number of alkyl halides is 1. The molecule has 7 heteroatoms. The third kappa shape index (κ3) is 3.02. The molecule has 0 N–H and O–H groups in total. The number of nitriles is 1. The molecular formula is C13H15BrFN3O2. The zero-order valence-corrected chi connectivity index (χ0v) is 12.9. The van der Waals surface area contributed by atoms with Crippen LogP contribution in [0.4, 0.5) is 4.39 Å².